The Kier molecular flexibility index (Phi) is 5.77. The molecule has 0 rings (SSSR count). The van der Waals surface area contributed by atoms with Gasteiger partial charge in [-0.3, -0.25) is 4.79 Å². The van der Waals surface area contributed by atoms with Gasteiger partial charge in [0.05, 0.1) is 11.5 Å². The molecule has 0 bridgehead atoms. The monoisotopic (exact) mass is 202 g/mol. The number of carbonyl (C=O) groups is 1. The van der Waals surface area contributed by atoms with Gasteiger partial charge in [0.15, 0.2) is 0 Å². The molecule has 0 aromatic carbocycles. The highest BCUT2D eigenvalue weighted by atomic mass is 16.4. The Hall–Kier alpha value is -0.570. The first-order valence-electron chi connectivity index (χ1n) is 5.40. The van der Waals surface area contributed by atoms with Crippen molar-refractivity contribution in [3.8, 4) is 0 Å². The molecule has 3 heteroatoms. The van der Waals surface area contributed by atoms with Crippen LogP contribution in [0.15, 0.2) is 0 Å². The molecular weight excluding hydrogens is 180 g/mol. The lowest BCUT2D eigenvalue weighted by Gasteiger charge is -2.29. The van der Waals surface area contributed by atoms with Gasteiger partial charge in [0.2, 0.25) is 0 Å². The normalized spacial score (nSPS) is 17.4. The first kappa shape index (κ1) is 13.4. The van der Waals surface area contributed by atoms with Gasteiger partial charge in [-0.1, -0.05) is 33.1 Å². The molecule has 0 unspecified atom stereocenters. The van der Waals surface area contributed by atoms with Crippen molar-refractivity contribution in [1.82, 2.24) is 0 Å². The predicted octanol–water partition coefficient (Wildman–Crippen LogP) is 2.43. The molecule has 2 N–H and O–H groups in total. The van der Waals surface area contributed by atoms with E-state index >= 15 is 0 Å². The topological polar surface area (TPSA) is 57.5 Å². The number of unbranched alkanes of at least 4 members (excludes halogenated alkanes) is 1. The third kappa shape index (κ3) is 4.09. The Bertz CT molecular complexity index is 175. The van der Waals surface area contributed by atoms with Crippen LogP contribution in [0, 0.1) is 5.92 Å². The Morgan fingerprint density at radius 2 is 1.93 bits per heavy atom. The van der Waals surface area contributed by atoms with Gasteiger partial charge >= 0.3 is 5.97 Å². The SMILES string of the molecule is CCCC[C@](C)(O)[C@H](CCC)C(=O)O. The molecule has 84 valence electrons. The maximum Gasteiger partial charge on any atom is 0.309 e. The van der Waals surface area contributed by atoms with Gasteiger partial charge in [-0.2, -0.15) is 0 Å². The zero-order chi connectivity index (χ0) is 11.2. The van der Waals surface area contributed by atoms with E-state index < -0.39 is 17.5 Å². The highest BCUT2D eigenvalue weighted by Gasteiger charge is 2.35. The van der Waals surface area contributed by atoms with E-state index in [1.54, 1.807) is 6.92 Å². The molecule has 0 amide bonds. The standard InChI is InChI=1S/C11H22O3/c1-4-6-8-11(3,14)9(7-5-2)10(12)13/h9,14H,4-8H2,1-3H3,(H,12,13)/t9-,11+/m1/s1. The van der Waals surface area contributed by atoms with Crippen molar-refractivity contribution < 1.29 is 15.0 Å². The largest absolute Gasteiger partial charge is 0.481 e. The van der Waals surface area contributed by atoms with Crippen LogP contribution in [0.2, 0.25) is 0 Å². The molecule has 14 heavy (non-hydrogen) atoms. The summed E-state index contributed by atoms with van der Waals surface area (Å²) in [5.74, 6) is -1.51. The lowest BCUT2D eigenvalue weighted by Crippen LogP contribution is -2.39. The summed E-state index contributed by atoms with van der Waals surface area (Å²) in [5, 5.41) is 19.0. The van der Waals surface area contributed by atoms with Crippen LogP contribution in [-0.4, -0.2) is 21.8 Å². The minimum absolute atomic E-state index is 0.548. The van der Waals surface area contributed by atoms with Crippen molar-refractivity contribution >= 4 is 5.97 Å². The van der Waals surface area contributed by atoms with E-state index in [1.165, 1.54) is 0 Å². The van der Waals surface area contributed by atoms with Crippen LogP contribution in [-0.2, 0) is 4.79 Å². The van der Waals surface area contributed by atoms with E-state index in [4.69, 9.17) is 5.11 Å². The third-order valence-electron chi connectivity index (χ3n) is 2.66. The predicted molar refractivity (Wildman–Crippen MR) is 56.2 cm³/mol. The molecule has 3 nitrogen and oxygen atoms in total. The summed E-state index contributed by atoms with van der Waals surface area (Å²) in [7, 11) is 0. The van der Waals surface area contributed by atoms with Crippen molar-refractivity contribution in [3.05, 3.63) is 0 Å². The van der Waals surface area contributed by atoms with Crippen LogP contribution < -0.4 is 0 Å². The lowest BCUT2D eigenvalue weighted by atomic mass is 9.82. The van der Waals surface area contributed by atoms with Crippen LogP contribution in [0.25, 0.3) is 0 Å². The Balaban J connectivity index is 4.36. The molecule has 0 fully saturated rings. The average molecular weight is 202 g/mol. The molecule has 0 aliphatic carbocycles. The number of aliphatic carboxylic acids is 1. The molecule has 0 saturated heterocycles. The summed E-state index contributed by atoms with van der Waals surface area (Å²) in [6, 6.07) is 0. The zero-order valence-electron chi connectivity index (χ0n) is 9.42. The van der Waals surface area contributed by atoms with Gasteiger partial charge in [-0.15, -0.1) is 0 Å². The maximum absolute atomic E-state index is 10.9. The number of aliphatic hydroxyl groups is 1. The molecule has 0 radical (unpaired) electrons. The minimum Gasteiger partial charge on any atom is -0.481 e. The fraction of sp³-hybridized carbons (Fsp3) is 0.909. The van der Waals surface area contributed by atoms with Crippen molar-refractivity contribution in [2.45, 2.75) is 58.5 Å². The fourth-order valence-corrected chi connectivity index (χ4v) is 1.70. The molecule has 0 aromatic heterocycles. The van der Waals surface area contributed by atoms with Crippen molar-refractivity contribution in [3.63, 3.8) is 0 Å². The van der Waals surface area contributed by atoms with Crippen molar-refractivity contribution in [2.24, 2.45) is 5.92 Å². The summed E-state index contributed by atoms with van der Waals surface area (Å²) < 4.78 is 0. The molecule has 0 spiro atoms. The quantitative estimate of drug-likeness (QED) is 0.666. The van der Waals surface area contributed by atoms with Crippen LogP contribution in [0.5, 0.6) is 0 Å². The molecule has 0 aliphatic heterocycles. The fourth-order valence-electron chi connectivity index (χ4n) is 1.70. The highest BCUT2D eigenvalue weighted by Crippen LogP contribution is 2.27. The van der Waals surface area contributed by atoms with E-state index in [0.717, 1.165) is 19.3 Å². The van der Waals surface area contributed by atoms with E-state index in [1.807, 2.05) is 13.8 Å². The highest BCUT2D eigenvalue weighted by molar-refractivity contribution is 5.71. The minimum atomic E-state index is -1.06. The van der Waals surface area contributed by atoms with Gasteiger partial charge in [-0.05, 0) is 19.8 Å². The van der Waals surface area contributed by atoms with Gasteiger partial charge in [0.1, 0.15) is 0 Å². The van der Waals surface area contributed by atoms with Gasteiger partial charge < -0.3 is 10.2 Å². The number of carboxylic acid groups (broad SMARTS) is 1. The molecule has 0 aliphatic rings. The number of hydrogen-bond acceptors (Lipinski definition) is 2. The molecule has 0 heterocycles. The van der Waals surface area contributed by atoms with Crippen LogP contribution in [0.1, 0.15) is 52.9 Å². The lowest BCUT2D eigenvalue weighted by molar-refractivity contribution is -0.152. The van der Waals surface area contributed by atoms with Crippen LogP contribution >= 0.6 is 0 Å². The second kappa shape index (κ2) is 6.02. The molecule has 0 saturated carbocycles. The summed E-state index contributed by atoms with van der Waals surface area (Å²) in [5.41, 5.74) is -1.06. The Morgan fingerprint density at radius 1 is 1.36 bits per heavy atom. The maximum atomic E-state index is 10.9. The smallest absolute Gasteiger partial charge is 0.309 e. The van der Waals surface area contributed by atoms with Gasteiger partial charge in [-0.25, -0.2) is 0 Å². The van der Waals surface area contributed by atoms with E-state index in [-0.39, 0.29) is 0 Å². The second-order valence-corrected chi connectivity index (χ2v) is 4.14. The summed E-state index contributed by atoms with van der Waals surface area (Å²) >= 11 is 0. The molecule has 2 atom stereocenters. The van der Waals surface area contributed by atoms with Crippen molar-refractivity contribution in [1.29, 1.82) is 0 Å². The first-order chi connectivity index (χ1) is 6.45. The molecular formula is C11H22O3. The van der Waals surface area contributed by atoms with Crippen molar-refractivity contribution in [2.75, 3.05) is 0 Å². The third-order valence-corrected chi connectivity index (χ3v) is 2.66. The first-order valence-corrected chi connectivity index (χ1v) is 5.40. The van der Waals surface area contributed by atoms with E-state index in [9.17, 15) is 9.90 Å². The summed E-state index contributed by atoms with van der Waals surface area (Å²) in [6.45, 7) is 5.61. The molecule has 0 aromatic rings. The van der Waals surface area contributed by atoms with E-state index in [0.29, 0.717) is 12.8 Å². The Labute approximate surface area is 86.1 Å². The summed E-state index contributed by atoms with van der Waals surface area (Å²) in [4.78, 5) is 10.9. The zero-order valence-corrected chi connectivity index (χ0v) is 9.42. The van der Waals surface area contributed by atoms with Crippen LogP contribution in [0.3, 0.4) is 0 Å². The number of carboxylic acids is 1. The van der Waals surface area contributed by atoms with E-state index in [2.05, 4.69) is 0 Å². The Morgan fingerprint density at radius 3 is 2.29 bits per heavy atom. The summed E-state index contributed by atoms with van der Waals surface area (Å²) in [6.07, 6.45) is 3.76. The average Bonchev–Trinajstić information content (AvgIpc) is 2.10. The second-order valence-electron chi connectivity index (χ2n) is 4.14. The van der Waals surface area contributed by atoms with Gasteiger partial charge in [0.25, 0.3) is 0 Å². The van der Waals surface area contributed by atoms with Crippen LogP contribution in [0.4, 0.5) is 0 Å². The number of hydrogen-bond donors (Lipinski definition) is 2. The van der Waals surface area contributed by atoms with Gasteiger partial charge in [0, 0.05) is 0 Å². The number of rotatable bonds is 7.